The van der Waals surface area contributed by atoms with Crippen LogP contribution in [-0.2, 0) is 13.0 Å². The normalized spacial score (nSPS) is 12.3. The fraction of sp³-hybridized carbons (Fsp3) is 0.250. The summed E-state index contributed by atoms with van der Waals surface area (Å²) < 4.78 is 23.2. The molecule has 0 saturated heterocycles. The maximum Gasteiger partial charge on any atom is 0.266 e. The number of nitrogens with zero attached hydrogens (tertiary/aromatic N) is 4. The van der Waals surface area contributed by atoms with Crippen molar-refractivity contribution in [1.29, 1.82) is 0 Å². The van der Waals surface area contributed by atoms with Crippen LogP contribution in [0.5, 0.6) is 17.2 Å². The van der Waals surface area contributed by atoms with Crippen molar-refractivity contribution in [3.05, 3.63) is 70.8 Å². The van der Waals surface area contributed by atoms with Crippen LogP contribution < -0.4 is 19.8 Å². The zero-order valence-electron chi connectivity index (χ0n) is 18.2. The Bertz CT molecular complexity index is 1330. The second-order valence-electron chi connectivity index (χ2n) is 7.80. The Morgan fingerprint density at radius 1 is 1.00 bits per heavy atom. The summed E-state index contributed by atoms with van der Waals surface area (Å²) in [6.07, 6.45) is 0.479. The molecule has 9 heteroatoms. The predicted octanol–water partition coefficient (Wildman–Crippen LogP) is 3.72. The molecule has 1 aliphatic rings. The van der Waals surface area contributed by atoms with Gasteiger partial charge in [0.2, 0.25) is 18.5 Å². The first-order valence-corrected chi connectivity index (χ1v) is 10.6. The second kappa shape index (κ2) is 8.78. The Balaban J connectivity index is 1.29. The molecule has 1 aliphatic heterocycles. The molecule has 9 nitrogen and oxygen atoms in total. The van der Waals surface area contributed by atoms with Gasteiger partial charge in [0.05, 0.1) is 18.3 Å². The van der Waals surface area contributed by atoms with Gasteiger partial charge in [-0.2, -0.15) is 10.1 Å². The van der Waals surface area contributed by atoms with E-state index in [0.29, 0.717) is 41.9 Å². The lowest BCUT2D eigenvalue weighted by Crippen LogP contribution is -2.23. The van der Waals surface area contributed by atoms with E-state index in [2.05, 4.69) is 15.2 Å². The molecule has 168 valence electrons. The van der Waals surface area contributed by atoms with Crippen molar-refractivity contribution >= 4 is 0 Å². The Kier molecular flexibility index (Phi) is 5.52. The van der Waals surface area contributed by atoms with Gasteiger partial charge in [-0.15, -0.1) is 0 Å². The summed E-state index contributed by atoms with van der Waals surface area (Å²) in [5.41, 5.74) is 2.10. The van der Waals surface area contributed by atoms with Gasteiger partial charge >= 0.3 is 0 Å². The highest BCUT2D eigenvalue weighted by Crippen LogP contribution is 2.35. The molecule has 0 atom stereocenters. The van der Waals surface area contributed by atoms with Crippen molar-refractivity contribution in [1.82, 2.24) is 19.9 Å². The first-order valence-electron chi connectivity index (χ1n) is 10.6. The first-order chi connectivity index (χ1) is 16.0. The van der Waals surface area contributed by atoms with Crippen LogP contribution in [0.4, 0.5) is 0 Å². The minimum atomic E-state index is -0.208. The van der Waals surface area contributed by atoms with Gasteiger partial charge in [-0.05, 0) is 62.4 Å². The monoisotopic (exact) mass is 446 g/mol. The number of fused-ring (bicyclic) bond motifs is 1. The molecular weight excluding hydrogens is 424 g/mol. The molecule has 2 aromatic heterocycles. The number of hydrogen-bond donors (Lipinski definition) is 0. The van der Waals surface area contributed by atoms with Gasteiger partial charge < -0.3 is 18.7 Å². The lowest BCUT2D eigenvalue weighted by atomic mass is 10.1. The lowest BCUT2D eigenvalue weighted by molar-refractivity contribution is 0.174. The minimum Gasteiger partial charge on any atom is -0.491 e. The van der Waals surface area contributed by atoms with Gasteiger partial charge in [-0.25, -0.2) is 4.68 Å². The average molecular weight is 446 g/mol. The number of benzene rings is 2. The maximum atomic E-state index is 12.3. The Hall–Kier alpha value is -4.14. The van der Waals surface area contributed by atoms with Gasteiger partial charge in [-0.3, -0.25) is 4.79 Å². The third-order valence-corrected chi connectivity index (χ3v) is 5.02. The number of aromatic nitrogens is 4. The molecule has 4 aromatic rings. The largest absolute Gasteiger partial charge is 0.491 e. The first kappa shape index (κ1) is 20.7. The van der Waals surface area contributed by atoms with Gasteiger partial charge in [-0.1, -0.05) is 5.16 Å². The van der Waals surface area contributed by atoms with Crippen LogP contribution in [0, 0.1) is 0 Å². The van der Waals surface area contributed by atoms with Crippen molar-refractivity contribution < 1.29 is 18.7 Å². The van der Waals surface area contributed by atoms with Gasteiger partial charge in [0.1, 0.15) is 5.75 Å². The van der Waals surface area contributed by atoms with E-state index in [1.807, 2.05) is 56.3 Å². The molecule has 0 fully saturated rings. The highest BCUT2D eigenvalue weighted by atomic mass is 16.7. The summed E-state index contributed by atoms with van der Waals surface area (Å²) in [7, 11) is 0. The molecular formula is C24H22N4O5. The van der Waals surface area contributed by atoms with E-state index in [1.165, 1.54) is 10.7 Å². The van der Waals surface area contributed by atoms with Crippen LogP contribution in [0.1, 0.15) is 19.7 Å². The smallest absolute Gasteiger partial charge is 0.266 e. The van der Waals surface area contributed by atoms with Crippen molar-refractivity contribution in [3.8, 4) is 39.9 Å². The van der Waals surface area contributed by atoms with E-state index < -0.39 is 0 Å². The van der Waals surface area contributed by atoms with Crippen LogP contribution in [-0.4, -0.2) is 32.8 Å². The van der Waals surface area contributed by atoms with Crippen LogP contribution in [0.2, 0.25) is 0 Å². The molecule has 0 aliphatic carbocycles. The van der Waals surface area contributed by atoms with E-state index >= 15 is 0 Å². The summed E-state index contributed by atoms with van der Waals surface area (Å²) in [6, 6.07) is 16.2. The molecule has 5 rings (SSSR count). The molecule has 0 N–H and O–H groups in total. The molecule has 0 bridgehead atoms. The summed E-state index contributed by atoms with van der Waals surface area (Å²) in [5, 5.41) is 8.54. The molecule has 0 spiro atoms. The van der Waals surface area contributed by atoms with Crippen molar-refractivity contribution in [2.75, 3.05) is 6.79 Å². The van der Waals surface area contributed by atoms with Crippen LogP contribution >= 0.6 is 0 Å². The number of hydrogen-bond acceptors (Lipinski definition) is 8. The third-order valence-electron chi connectivity index (χ3n) is 5.02. The summed E-state index contributed by atoms with van der Waals surface area (Å²) >= 11 is 0. The standard InChI is InChI=1S/C24H22N4O5/c1-15(2)32-18-6-3-16(4-7-18)24-25-22(33-27-24)11-12-28-23(29)10-8-19(26-28)17-5-9-20-21(13-17)31-14-30-20/h3-10,13,15H,11-12,14H2,1-2H3. The highest BCUT2D eigenvalue weighted by molar-refractivity contribution is 5.63. The maximum absolute atomic E-state index is 12.3. The van der Waals surface area contributed by atoms with E-state index in [9.17, 15) is 4.79 Å². The fourth-order valence-corrected chi connectivity index (χ4v) is 3.45. The zero-order valence-corrected chi connectivity index (χ0v) is 18.2. The second-order valence-corrected chi connectivity index (χ2v) is 7.80. The van der Waals surface area contributed by atoms with E-state index in [-0.39, 0.29) is 18.5 Å². The lowest BCUT2D eigenvalue weighted by Gasteiger charge is -2.09. The molecule has 0 radical (unpaired) electrons. The quantitative estimate of drug-likeness (QED) is 0.423. The van der Waals surface area contributed by atoms with E-state index in [1.54, 1.807) is 6.07 Å². The molecule has 0 amide bonds. The van der Waals surface area contributed by atoms with E-state index in [4.69, 9.17) is 18.7 Å². The number of ether oxygens (including phenoxy) is 3. The topological polar surface area (TPSA) is 102 Å². The van der Waals surface area contributed by atoms with Gasteiger partial charge in [0.15, 0.2) is 11.5 Å². The Morgan fingerprint density at radius 2 is 1.79 bits per heavy atom. The average Bonchev–Trinajstić information content (AvgIpc) is 3.48. The molecule has 0 unspecified atom stereocenters. The van der Waals surface area contributed by atoms with Crippen molar-refractivity contribution in [2.24, 2.45) is 0 Å². The third kappa shape index (κ3) is 4.57. The molecule has 0 saturated carbocycles. The van der Waals surface area contributed by atoms with Gasteiger partial charge in [0, 0.05) is 23.6 Å². The fourth-order valence-electron chi connectivity index (χ4n) is 3.45. The van der Waals surface area contributed by atoms with Crippen LogP contribution in [0.3, 0.4) is 0 Å². The van der Waals surface area contributed by atoms with Crippen LogP contribution in [0.25, 0.3) is 22.6 Å². The molecule has 2 aromatic carbocycles. The summed E-state index contributed by atoms with van der Waals surface area (Å²) in [6.45, 7) is 4.46. The minimum absolute atomic E-state index is 0.105. The molecule has 33 heavy (non-hydrogen) atoms. The number of rotatable bonds is 7. The SMILES string of the molecule is CC(C)Oc1ccc(-c2noc(CCn3nc(-c4ccc5c(c4)OCO5)ccc3=O)n2)cc1. The summed E-state index contributed by atoms with van der Waals surface area (Å²) in [4.78, 5) is 16.8. The van der Waals surface area contributed by atoms with E-state index in [0.717, 1.165) is 16.9 Å². The summed E-state index contributed by atoms with van der Waals surface area (Å²) in [5.74, 6) is 3.05. The van der Waals surface area contributed by atoms with Crippen LogP contribution in [0.15, 0.2) is 63.9 Å². The Morgan fingerprint density at radius 3 is 2.61 bits per heavy atom. The number of aryl methyl sites for hydroxylation is 2. The van der Waals surface area contributed by atoms with Crippen molar-refractivity contribution in [2.45, 2.75) is 32.9 Å². The molecule has 3 heterocycles. The predicted molar refractivity (Wildman–Crippen MR) is 119 cm³/mol. The van der Waals surface area contributed by atoms with Crippen molar-refractivity contribution in [3.63, 3.8) is 0 Å². The van der Waals surface area contributed by atoms with Gasteiger partial charge in [0.25, 0.3) is 5.56 Å². The highest BCUT2D eigenvalue weighted by Gasteiger charge is 2.15. The Labute approximate surface area is 189 Å². The zero-order chi connectivity index (χ0) is 22.8.